The normalized spacial score (nSPS) is 14.5. The van der Waals surface area contributed by atoms with Gasteiger partial charge in [0.2, 0.25) is 0 Å². The van der Waals surface area contributed by atoms with Crippen LogP contribution in [-0.2, 0) is 48.6 Å². The summed E-state index contributed by atoms with van der Waals surface area (Å²) < 4.78 is 17.0. The summed E-state index contributed by atoms with van der Waals surface area (Å²) in [5.41, 5.74) is 18.7. The summed E-state index contributed by atoms with van der Waals surface area (Å²) in [4.78, 5) is 51.1. The maximum absolute atomic E-state index is 11.8. The fraction of sp³-hybridized carbons (Fsp3) is 0.320. The van der Waals surface area contributed by atoms with E-state index in [-0.39, 0.29) is 31.4 Å². The third kappa shape index (κ3) is 18.5. The van der Waals surface area contributed by atoms with Gasteiger partial charge >= 0.3 is 14.2 Å². The number of halogens is 2. The van der Waals surface area contributed by atoms with Gasteiger partial charge in [-0.2, -0.15) is 25.8 Å². The van der Waals surface area contributed by atoms with E-state index in [0.717, 1.165) is 130 Å². The van der Waals surface area contributed by atoms with E-state index in [1.807, 2.05) is 161 Å². The average Bonchev–Trinajstić information content (AvgIpc) is 1.22. The molecule has 0 radical (unpaired) electrons. The van der Waals surface area contributed by atoms with Crippen LogP contribution in [0, 0.1) is 22.7 Å². The predicted molar refractivity (Wildman–Crippen MR) is 400 cm³/mol. The number of benzene rings is 3. The van der Waals surface area contributed by atoms with Crippen molar-refractivity contribution in [2.75, 3.05) is 0 Å². The Morgan fingerprint density at radius 1 is 0.578 bits per heavy atom. The van der Waals surface area contributed by atoms with E-state index in [9.17, 15) is 10.1 Å². The molecule has 9 aromatic heterocycles. The van der Waals surface area contributed by atoms with Crippen molar-refractivity contribution >= 4 is 91.3 Å². The van der Waals surface area contributed by atoms with E-state index in [2.05, 4.69) is 100 Å². The largest absolute Gasteiger partial charge is 0.498 e. The van der Waals surface area contributed by atoms with Crippen LogP contribution in [0.2, 0.25) is 5.02 Å². The summed E-state index contributed by atoms with van der Waals surface area (Å²) in [6.07, 6.45) is 30.2. The summed E-state index contributed by atoms with van der Waals surface area (Å²) in [7, 11) is 3.86. The van der Waals surface area contributed by atoms with Gasteiger partial charge in [-0.15, -0.1) is 0 Å². The Hall–Kier alpha value is -10.1. The number of carbonyl (C=O) groups is 1. The number of nitrogens with two attached hydrogens (primary N) is 1. The number of fused-ring (bicyclic) bond motifs is 3. The first-order valence-electron chi connectivity index (χ1n) is 33.3. The topological polar surface area (TPSA) is 319 Å². The van der Waals surface area contributed by atoms with Gasteiger partial charge in [0.1, 0.15) is 46.7 Å². The SMILES string of the molecule is C.CC.Cn1cc(-c2cc(C#N)nc3cc(Cc4cnc(C5CC5)nc4)ccc23)cn1.Cn1cc(-c2cc(C(N)=O)nc3cc(Cc4cnc(C5CC5)nc4)ccc23)cn1.Cn1cc(B2OC(C)(C)C(C)(C)O2)cn1.N#Cc1cc(Cl)c2ccc(CBr)cc2n1.OB(O)c1cnc(C2CC2)nc1. The number of aryl methyl sites for hydroxylation is 3. The number of primary amides is 1. The summed E-state index contributed by atoms with van der Waals surface area (Å²) in [6.45, 7) is 12.2. The zero-order chi connectivity index (χ0) is 71.7. The Morgan fingerprint density at radius 2 is 0.980 bits per heavy atom. The summed E-state index contributed by atoms with van der Waals surface area (Å²) in [5.74, 6) is 3.80. The van der Waals surface area contributed by atoms with Crippen molar-refractivity contribution in [3.05, 3.63) is 215 Å². The second-order valence-electron chi connectivity index (χ2n) is 26.0. The number of alkyl halides is 1. The van der Waals surface area contributed by atoms with E-state index < -0.39 is 13.0 Å². The van der Waals surface area contributed by atoms with Crippen LogP contribution >= 0.6 is 27.5 Å². The Kier molecular flexibility index (Phi) is 23.9. The molecular weight excluding hydrogens is 1370 g/mol. The van der Waals surface area contributed by atoms with E-state index in [1.165, 1.54) is 38.1 Å². The van der Waals surface area contributed by atoms with Crippen molar-refractivity contribution in [2.24, 2.45) is 26.9 Å². The van der Waals surface area contributed by atoms with E-state index >= 15 is 0 Å². The Morgan fingerprint density at radius 3 is 1.39 bits per heavy atom. The van der Waals surface area contributed by atoms with Crippen LogP contribution in [0.4, 0.5) is 0 Å². The number of pyridine rings is 3. The third-order valence-corrected chi connectivity index (χ3v) is 18.5. The Bertz CT molecular complexity index is 4970. The maximum Gasteiger partial charge on any atom is 0.498 e. The van der Waals surface area contributed by atoms with E-state index in [0.29, 0.717) is 46.0 Å². The van der Waals surface area contributed by atoms with E-state index in [4.69, 9.17) is 42.0 Å². The number of amides is 1. The molecule has 27 heteroatoms. The third-order valence-electron chi connectivity index (χ3n) is 17.6. The standard InChI is InChI=1S/C22H20N6O.C22H18N6.C11H6BrClN2.C10H17BN2O2.C7H9BN2O2.C2H6.CH4/c1-28-12-16(11-26-28)18-8-20(21(23)29)27-19-7-13(2-5-17(18)19)6-14-9-24-22(25-10-14)15-3-4-15;1-28-13-17(12-26-28)20-8-18(9-23)27-21-7-14(2-5-19(20)21)6-15-10-24-22(25-11-15)16-3-4-16;12-5-7-1-2-9-10(13)4-8(6-14)15-11(9)3-7;1-9(2)10(3,4)15-11(14-9)8-6-12-13(5)7-8;11-8(12)6-3-9-7(10-4-6)5-1-2-5;1-2;/h2,5,7-12,15H,3-4,6H2,1H3,(H2,23,29);2,5,7-8,10-13,16H,3-4,6H2,1H3;1-4H,5H2;6-7H,1-5H3;3-5,11-12H,1-2H2;1-2H3;1H4. The highest BCUT2D eigenvalue weighted by Gasteiger charge is 2.52. The van der Waals surface area contributed by atoms with Crippen LogP contribution in [0.25, 0.3) is 55.0 Å². The van der Waals surface area contributed by atoms with Crippen LogP contribution in [-0.4, -0.2) is 116 Å². The zero-order valence-corrected chi connectivity index (χ0v) is 60.0. The van der Waals surface area contributed by atoms with E-state index in [1.54, 1.807) is 38.6 Å². The molecule has 16 rings (SSSR count). The molecule has 0 unspecified atom stereocenters. The molecule has 4 N–H and O–H groups in total. The monoisotopic (exact) mass is 1450 g/mol. The number of hydrogen-bond donors (Lipinski definition) is 3. The van der Waals surface area contributed by atoms with Crippen LogP contribution < -0.4 is 16.7 Å². The van der Waals surface area contributed by atoms with Crippen LogP contribution in [0.3, 0.4) is 0 Å². The Labute approximate surface area is 607 Å². The molecule has 3 aromatic carbocycles. The lowest BCUT2D eigenvalue weighted by Gasteiger charge is -2.32. The second-order valence-corrected chi connectivity index (χ2v) is 27.0. The molecule has 1 aliphatic heterocycles. The Balaban J connectivity index is 0.000000142. The van der Waals surface area contributed by atoms with Crippen molar-refractivity contribution in [1.82, 2.24) is 74.2 Å². The van der Waals surface area contributed by atoms with Crippen LogP contribution in [0.5, 0.6) is 0 Å². The highest BCUT2D eigenvalue weighted by molar-refractivity contribution is 9.08. The molecule has 3 saturated carbocycles. The first kappa shape index (κ1) is 74.6. The molecule has 3 aliphatic carbocycles. The molecule has 12 aromatic rings. The quantitative estimate of drug-likeness (QED) is 0.0713. The molecule has 10 heterocycles. The first-order valence-corrected chi connectivity index (χ1v) is 34.8. The minimum atomic E-state index is -1.46. The van der Waals surface area contributed by atoms with Crippen molar-refractivity contribution in [3.8, 4) is 34.4 Å². The number of carbonyl (C=O) groups excluding carboxylic acids is 1. The number of rotatable bonds is 13. The average molecular weight is 1450 g/mol. The molecule has 102 heavy (non-hydrogen) atoms. The fourth-order valence-electron chi connectivity index (χ4n) is 11.0. The number of nitriles is 2. The fourth-order valence-corrected chi connectivity index (χ4v) is 11.6. The number of aromatic nitrogens is 15. The van der Waals surface area contributed by atoms with Crippen molar-refractivity contribution in [2.45, 2.75) is 135 Å². The van der Waals surface area contributed by atoms with Crippen molar-refractivity contribution < 1.29 is 24.2 Å². The van der Waals surface area contributed by atoms with Gasteiger partial charge < -0.3 is 25.1 Å². The minimum Gasteiger partial charge on any atom is -0.423 e. The van der Waals surface area contributed by atoms with Gasteiger partial charge in [0.15, 0.2) is 0 Å². The molecule has 0 spiro atoms. The predicted octanol–water partition coefficient (Wildman–Crippen LogP) is 11.8. The van der Waals surface area contributed by atoms with Gasteiger partial charge in [-0.25, -0.2) is 44.9 Å². The van der Waals surface area contributed by atoms with Gasteiger partial charge in [0.25, 0.3) is 5.91 Å². The van der Waals surface area contributed by atoms with Gasteiger partial charge in [0, 0.05) is 157 Å². The zero-order valence-electron chi connectivity index (χ0n) is 57.7. The highest BCUT2D eigenvalue weighted by atomic mass is 79.9. The van der Waals surface area contributed by atoms with Crippen molar-refractivity contribution in [1.29, 1.82) is 10.5 Å². The molecule has 1 saturated heterocycles. The van der Waals surface area contributed by atoms with Crippen LogP contribution in [0.15, 0.2) is 147 Å². The number of nitrogens with zero attached hydrogens (tertiary/aromatic N) is 17. The second kappa shape index (κ2) is 32.7. The molecule has 1 amide bonds. The summed E-state index contributed by atoms with van der Waals surface area (Å²) >= 11 is 9.41. The molecular formula is C75H80B2BrClN18O5. The molecule has 0 bridgehead atoms. The van der Waals surface area contributed by atoms with Crippen LogP contribution in [0.1, 0.15) is 172 Å². The van der Waals surface area contributed by atoms with Gasteiger partial charge in [-0.3, -0.25) is 18.8 Å². The molecule has 4 fully saturated rings. The number of hydrogen-bond acceptors (Lipinski definition) is 19. The highest BCUT2D eigenvalue weighted by Crippen LogP contribution is 2.40. The van der Waals surface area contributed by atoms with Gasteiger partial charge in [-0.1, -0.05) is 85.2 Å². The molecule has 0 atom stereocenters. The summed E-state index contributed by atoms with van der Waals surface area (Å²) in [6, 6.07) is 27.4. The lowest BCUT2D eigenvalue weighted by atomic mass is 9.82. The minimum absolute atomic E-state index is 0. The molecule has 4 aliphatic rings. The van der Waals surface area contributed by atoms with Gasteiger partial charge in [0.05, 0.1) is 45.2 Å². The lowest BCUT2D eigenvalue weighted by Crippen LogP contribution is -2.41. The molecule has 23 nitrogen and oxygen atoms in total. The van der Waals surface area contributed by atoms with Gasteiger partial charge in [-0.05, 0) is 142 Å². The summed E-state index contributed by atoms with van der Waals surface area (Å²) in [5, 5.41) is 52.4. The molecule has 520 valence electrons. The maximum atomic E-state index is 11.8. The lowest BCUT2D eigenvalue weighted by molar-refractivity contribution is 0.00578. The van der Waals surface area contributed by atoms with Crippen molar-refractivity contribution in [3.63, 3.8) is 0 Å². The first-order chi connectivity index (χ1) is 48.6. The smallest absolute Gasteiger partial charge is 0.423 e.